The number of hydrogen-bond donors (Lipinski definition) is 2. The van der Waals surface area contributed by atoms with E-state index in [2.05, 4.69) is 20.8 Å². The van der Waals surface area contributed by atoms with Crippen molar-refractivity contribution in [1.29, 1.82) is 0 Å². The Hall–Kier alpha value is -2.58. The third-order valence-corrected chi connectivity index (χ3v) is 5.72. The molecule has 0 unspecified atom stereocenters. The fourth-order valence-corrected chi connectivity index (χ4v) is 4.13. The molecule has 1 heterocycles. The van der Waals surface area contributed by atoms with E-state index in [4.69, 9.17) is 4.74 Å². The van der Waals surface area contributed by atoms with Crippen molar-refractivity contribution in [3.05, 3.63) is 54.1 Å². The number of amides is 1. The van der Waals surface area contributed by atoms with Crippen LogP contribution < -0.4 is 15.4 Å². The number of nitrogens with one attached hydrogen (secondary N) is 2. The van der Waals surface area contributed by atoms with E-state index in [-0.39, 0.29) is 11.2 Å². The largest absolute Gasteiger partial charge is 0.497 e. The number of rotatable bonds is 7. The number of thioether (sulfide) groups is 1. The number of carbonyl (C=O) groups is 1. The monoisotopic (exact) mass is 400 g/mol. The third kappa shape index (κ3) is 5.45. The summed E-state index contributed by atoms with van der Waals surface area (Å²) in [5, 5.41) is 14.8. The molecular formula is C19H20N4O2S2. The highest BCUT2D eigenvalue weighted by Crippen LogP contribution is 2.31. The van der Waals surface area contributed by atoms with Crippen molar-refractivity contribution in [3.63, 3.8) is 0 Å². The molecule has 1 amide bonds. The molecule has 8 heteroatoms. The molecule has 3 aromatic rings. The minimum absolute atomic E-state index is 0.100. The Balaban J connectivity index is 1.57. The van der Waals surface area contributed by atoms with E-state index in [0.717, 1.165) is 10.0 Å². The van der Waals surface area contributed by atoms with Gasteiger partial charge in [-0.05, 0) is 38.1 Å². The maximum absolute atomic E-state index is 12.4. The summed E-state index contributed by atoms with van der Waals surface area (Å²) in [6.45, 7) is 3.88. The van der Waals surface area contributed by atoms with Crippen molar-refractivity contribution >= 4 is 45.5 Å². The molecule has 0 saturated carbocycles. The zero-order valence-electron chi connectivity index (χ0n) is 15.2. The molecule has 0 saturated heterocycles. The molecule has 0 aliphatic heterocycles. The second-order valence-corrected chi connectivity index (χ2v) is 8.41. The number of aromatic nitrogens is 2. The minimum atomic E-state index is -0.309. The Kier molecular flexibility index (Phi) is 6.31. The summed E-state index contributed by atoms with van der Waals surface area (Å²) in [6, 6.07) is 15.3. The van der Waals surface area contributed by atoms with E-state index >= 15 is 0 Å². The maximum Gasteiger partial charge on any atom is 0.237 e. The molecule has 0 fully saturated rings. The number of carbonyl (C=O) groups excluding carboxylic acids is 1. The molecule has 0 radical (unpaired) electrons. The lowest BCUT2D eigenvalue weighted by Crippen LogP contribution is -2.22. The second-order valence-electron chi connectivity index (χ2n) is 5.85. The van der Waals surface area contributed by atoms with Gasteiger partial charge >= 0.3 is 0 Å². The molecule has 2 N–H and O–H groups in total. The summed E-state index contributed by atoms with van der Waals surface area (Å²) in [5.41, 5.74) is 2.85. The third-order valence-electron chi connectivity index (χ3n) is 3.69. The van der Waals surface area contributed by atoms with Crippen LogP contribution in [0.2, 0.25) is 0 Å². The lowest BCUT2D eigenvalue weighted by atomic mass is 10.2. The quantitative estimate of drug-likeness (QED) is 0.559. The lowest BCUT2D eigenvalue weighted by Gasteiger charge is -2.11. The van der Waals surface area contributed by atoms with Crippen LogP contribution in [0, 0.1) is 6.92 Å². The molecule has 0 aliphatic rings. The Morgan fingerprint density at radius 2 is 1.93 bits per heavy atom. The maximum atomic E-state index is 12.4. The second kappa shape index (κ2) is 8.88. The van der Waals surface area contributed by atoms with E-state index in [1.54, 1.807) is 13.2 Å². The summed E-state index contributed by atoms with van der Waals surface area (Å²) in [7, 11) is 1.59. The van der Waals surface area contributed by atoms with E-state index in [1.807, 2.05) is 56.3 Å². The van der Waals surface area contributed by atoms with Crippen LogP contribution in [0.1, 0.15) is 12.5 Å². The Labute approximate surface area is 166 Å². The highest BCUT2D eigenvalue weighted by Gasteiger charge is 2.17. The van der Waals surface area contributed by atoms with Gasteiger partial charge in [-0.3, -0.25) is 4.79 Å². The minimum Gasteiger partial charge on any atom is -0.497 e. The lowest BCUT2D eigenvalue weighted by molar-refractivity contribution is -0.115. The highest BCUT2D eigenvalue weighted by atomic mass is 32.2. The highest BCUT2D eigenvalue weighted by molar-refractivity contribution is 8.02. The van der Waals surface area contributed by atoms with Crippen LogP contribution in [0.25, 0.3) is 0 Å². The van der Waals surface area contributed by atoms with Crippen LogP contribution >= 0.6 is 23.1 Å². The van der Waals surface area contributed by atoms with Gasteiger partial charge in [0.1, 0.15) is 5.75 Å². The van der Waals surface area contributed by atoms with Gasteiger partial charge in [-0.1, -0.05) is 46.9 Å². The molecular weight excluding hydrogens is 380 g/mol. The Bertz CT molecular complexity index is 912. The van der Waals surface area contributed by atoms with Gasteiger partial charge < -0.3 is 15.4 Å². The molecule has 3 rings (SSSR count). The summed E-state index contributed by atoms with van der Waals surface area (Å²) in [6.07, 6.45) is 0. The molecule has 1 atom stereocenters. The number of aryl methyl sites for hydroxylation is 1. The van der Waals surface area contributed by atoms with Gasteiger partial charge in [-0.15, -0.1) is 10.2 Å². The van der Waals surface area contributed by atoms with Crippen LogP contribution in [-0.4, -0.2) is 28.5 Å². The van der Waals surface area contributed by atoms with E-state index in [1.165, 1.54) is 28.7 Å². The zero-order chi connectivity index (χ0) is 19.2. The fourth-order valence-electron chi connectivity index (χ4n) is 2.22. The topological polar surface area (TPSA) is 76.1 Å². The summed E-state index contributed by atoms with van der Waals surface area (Å²) in [5.74, 6) is 0.598. The molecule has 0 aliphatic carbocycles. The van der Waals surface area contributed by atoms with Crippen molar-refractivity contribution in [3.8, 4) is 5.75 Å². The van der Waals surface area contributed by atoms with Crippen LogP contribution in [-0.2, 0) is 4.79 Å². The van der Waals surface area contributed by atoms with E-state index in [0.29, 0.717) is 16.6 Å². The number of ether oxygens (including phenoxy) is 1. The van der Waals surface area contributed by atoms with E-state index < -0.39 is 0 Å². The molecule has 140 valence electrons. The van der Waals surface area contributed by atoms with Gasteiger partial charge in [-0.2, -0.15) is 0 Å². The van der Waals surface area contributed by atoms with Crippen LogP contribution in [0.5, 0.6) is 5.75 Å². The smallest absolute Gasteiger partial charge is 0.237 e. The van der Waals surface area contributed by atoms with Crippen LogP contribution in [0.3, 0.4) is 0 Å². The summed E-state index contributed by atoms with van der Waals surface area (Å²) in [4.78, 5) is 12.4. The molecule has 1 aromatic heterocycles. The van der Waals surface area contributed by atoms with Crippen molar-refractivity contribution in [2.75, 3.05) is 17.7 Å². The first-order chi connectivity index (χ1) is 13.0. The average molecular weight is 401 g/mol. The predicted molar refractivity (Wildman–Crippen MR) is 111 cm³/mol. The Morgan fingerprint density at radius 3 is 2.67 bits per heavy atom. The number of hydrogen-bond acceptors (Lipinski definition) is 7. The van der Waals surface area contributed by atoms with Gasteiger partial charge in [0.05, 0.1) is 12.4 Å². The predicted octanol–water partition coefficient (Wildman–Crippen LogP) is 4.72. The molecule has 0 bridgehead atoms. The SMILES string of the molecule is COc1cccc(NC(=O)[C@H](C)Sc2nnc(Nc3ccc(C)cc3)s2)c1. The van der Waals surface area contributed by atoms with Crippen molar-refractivity contribution in [2.45, 2.75) is 23.4 Å². The van der Waals surface area contributed by atoms with Crippen LogP contribution in [0.4, 0.5) is 16.5 Å². The molecule has 6 nitrogen and oxygen atoms in total. The van der Waals surface area contributed by atoms with Gasteiger partial charge in [0, 0.05) is 17.4 Å². The summed E-state index contributed by atoms with van der Waals surface area (Å²) >= 11 is 2.80. The van der Waals surface area contributed by atoms with E-state index in [9.17, 15) is 4.79 Å². The van der Waals surface area contributed by atoms with Gasteiger partial charge in [0.2, 0.25) is 11.0 Å². The summed E-state index contributed by atoms with van der Waals surface area (Å²) < 4.78 is 5.90. The van der Waals surface area contributed by atoms with Crippen molar-refractivity contribution in [1.82, 2.24) is 10.2 Å². The Morgan fingerprint density at radius 1 is 1.15 bits per heavy atom. The van der Waals surface area contributed by atoms with Crippen LogP contribution in [0.15, 0.2) is 52.9 Å². The average Bonchev–Trinajstić information content (AvgIpc) is 3.10. The van der Waals surface area contributed by atoms with Gasteiger partial charge in [0.25, 0.3) is 0 Å². The van der Waals surface area contributed by atoms with Crippen molar-refractivity contribution < 1.29 is 9.53 Å². The number of nitrogens with zero attached hydrogens (tertiary/aromatic N) is 2. The zero-order valence-corrected chi connectivity index (χ0v) is 16.9. The first-order valence-corrected chi connectivity index (χ1v) is 10.0. The number of benzene rings is 2. The first-order valence-electron chi connectivity index (χ1n) is 8.32. The first kappa shape index (κ1) is 19.2. The molecule has 2 aromatic carbocycles. The number of anilines is 3. The fraction of sp³-hybridized carbons (Fsp3) is 0.211. The van der Waals surface area contributed by atoms with Gasteiger partial charge in [0.15, 0.2) is 4.34 Å². The standard InChI is InChI=1S/C19H20N4O2S2/c1-12-7-9-14(10-8-12)21-18-22-23-19(27-18)26-13(2)17(24)20-15-5-4-6-16(11-15)25-3/h4-11,13H,1-3H3,(H,20,24)(H,21,22)/t13-/m0/s1. The molecule has 27 heavy (non-hydrogen) atoms. The van der Waals surface area contributed by atoms with Crippen molar-refractivity contribution in [2.24, 2.45) is 0 Å². The normalized spacial score (nSPS) is 11.7. The number of methoxy groups -OCH3 is 1. The molecule has 0 spiro atoms. The van der Waals surface area contributed by atoms with Gasteiger partial charge in [-0.25, -0.2) is 0 Å².